The molecule has 0 saturated heterocycles. The number of ketones is 1. The van der Waals surface area contributed by atoms with Gasteiger partial charge in [0.25, 0.3) is 0 Å². The summed E-state index contributed by atoms with van der Waals surface area (Å²) in [6, 6.07) is 28.6. The van der Waals surface area contributed by atoms with Crippen LogP contribution in [0.1, 0.15) is 74.0 Å². The van der Waals surface area contributed by atoms with Gasteiger partial charge < -0.3 is 19.5 Å². The molecular weight excluding hydrogens is 584 g/mol. The molecule has 244 valence electrons. The van der Waals surface area contributed by atoms with Crippen LogP contribution >= 0.6 is 11.9 Å². The fourth-order valence-corrected chi connectivity index (χ4v) is 5.66. The highest BCUT2D eigenvalue weighted by Crippen LogP contribution is 2.35. The number of ether oxygens (including phenoxy) is 3. The third-order valence-electron chi connectivity index (χ3n) is 8.15. The maximum atomic E-state index is 11.7. The van der Waals surface area contributed by atoms with Crippen LogP contribution in [-0.2, 0) is 32.3 Å². The lowest BCUT2D eigenvalue weighted by molar-refractivity contribution is -0.129. The molecule has 0 atom stereocenters. The van der Waals surface area contributed by atoms with Crippen molar-refractivity contribution < 1.29 is 23.8 Å². The summed E-state index contributed by atoms with van der Waals surface area (Å²) in [6.45, 7) is 1.16. The molecule has 1 amide bonds. The van der Waals surface area contributed by atoms with Gasteiger partial charge in [-0.15, -0.1) is 0 Å². The van der Waals surface area contributed by atoms with Crippen LogP contribution in [-0.4, -0.2) is 44.3 Å². The molecule has 2 saturated carbocycles. The Hall–Kier alpha value is -3.17. The zero-order valence-corrected chi connectivity index (χ0v) is 27.6. The van der Waals surface area contributed by atoms with Crippen molar-refractivity contribution in [2.75, 3.05) is 26.5 Å². The lowest BCUT2D eigenvalue weighted by Gasteiger charge is -2.28. The highest BCUT2D eigenvalue weighted by Gasteiger charge is 2.23. The maximum Gasteiger partial charge on any atom is 0.223 e. The summed E-state index contributed by atoms with van der Waals surface area (Å²) in [5, 5.41) is 7.47. The molecule has 0 heterocycles. The first-order valence-electron chi connectivity index (χ1n) is 16.0. The van der Waals surface area contributed by atoms with Crippen molar-refractivity contribution in [3.63, 3.8) is 0 Å². The number of methoxy groups -OCH3 is 1. The molecule has 0 bridgehead atoms. The monoisotopic (exact) mass is 634 g/mol. The van der Waals surface area contributed by atoms with Gasteiger partial charge in [-0.3, -0.25) is 14.7 Å². The Bertz CT molecular complexity index is 1230. The number of rotatable bonds is 12. The van der Waals surface area contributed by atoms with Gasteiger partial charge in [0.2, 0.25) is 5.91 Å². The number of Topliss-reactive ketones (excluding diaryl/α,β-unsaturated/α-hetero) is 1. The first-order valence-corrected chi connectivity index (χ1v) is 17.2. The number of nitrogens with two attached hydrogens (primary N) is 1. The summed E-state index contributed by atoms with van der Waals surface area (Å²) in [7, 11) is 1.82. The van der Waals surface area contributed by atoms with E-state index in [4.69, 9.17) is 19.3 Å². The Morgan fingerprint density at radius 3 is 2.02 bits per heavy atom. The van der Waals surface area contributed by atoms with E-state index in [0.717, 1.165) is 49.8 Å². The Balaban J connectivity index is 0.000000227. The van der Waals surface area contributed by atoms with E-state index in [-0.39, 0.29) is 30.8 Å². The Kier molecular flexibility index (Phi) is 17.4. The predicted octanol–water partition coefficient (Wildman–Crippen LogP) is 7.24. The van der Waals surface area contributed by atoms with Crippen LogP contribution in [0.5, 0.6) is 5.75 Å². The third-order valence-corrected chi connectivity index (χ3v) is 8.15. The highest BCUT2D eigenvalue weighted by molar-refractivity contribution is 7.96. The van der Waals surface area contributed by atoms with Crippen LogP contribution in [0.2, 0.25) is 0 Å². The average Bonchev–Trinajstić information content (AvgIpc) is 3.64. The van der Waals surface area contributed by atoms with Crippen LogP contribution in [0, 0.1) is 5.92 Å². The van der Waals surface area contributed by atoms with Gasteiger partial charge >= 0.3 is 0 Å². The van der Waals surface area contributed by atoms with Crippen LogP contribution in [0.3, 0.4) is 0 Å². The van der Waals surface area contributed by atoms with E-state index in [2.05, 4.69) is 35.6 Å². The predicted molar refractivity (Wildman–Crippen MR) is 183 cm³/mol. The topological polar surface area (TPSA) is 99.9 Å². The molecule has 7 nitrogen and oxygen atoms in total. The normalized spacial score (nSPS) is 17.7. The van der Waals surface area contributed by atoms with Crippen molar-refractivity contribution in [3.8, 4) is 5.75 Å². The molecule has 0 aromatic heterocycles. The number of carbonyl (C=O) groups excluding carboxylic acids is 2. The minimum atomic E-state index is -0.0905. The molecule has 5 rings (SSSR count). The number of amides is 1. The lowest BCUT2D eigenvalue weighted by Crippen LogP contribution is -2.35. The van der Waals surface area contributed by atoms with Gasteiger partial charge in [-0.2, -0.15) is 0 Å². The quantitative estimate of drug-likeness (QED) is 0.203. The van der Waals surface area contributed by atoms with Gasteiger partial charge in [-0.25, -0.2) is 0 Å². The highest BCUT2D eigenvalue weighted by atomic mass is 32.2. The summed E-state index contributed by atoms with van der Waals surface area (Å²) in [5.74, 6) is 1.64. The summed E-state index contributed by atoms with van der Waals surface area (Å²) in [4.78, 5) is 23.4. The van der Waals surface area contributed by atoms with E-state index < -0.39 is 0 Å². The summed E-state index contributed by atoms with van der Waals surface area (Å²) >= 11 is 1.25. The van der Waals surface area contributed by atoms with E-state index in [9.17, 15) is 9.59 Å². The molecular formula is C37H50N2O5S. The minimum Gasteiger partial charge on any atom is -0.489 e. The zero-order chi connectivity index (χ0) is 32.1. The molecule has 0 spiro atoms. The molecule has 2 aliphatic rings. The van der Waals surface area contributed by atoms with E-state index in [0.29, 0.717) is 25.2 Å². The minimum absolute atomic E-state index is 0.0129. The number of carbonyl (C=O) groups is 2. The number of hydrogen-bond acceptors (Lipinski definition) is 7. The molecule has 0 radical (unpaired) electrons. The maximum absolute atomic E-state index is 11.7. The zero-order valence-electron chi connectivity index (χ0n) is 26.8. The number of nitrogens with one attached hydrogen (secondary N) is 1. The fraction of sp³-hybridized carbons (Fsp3) is 0.459. The molecule has 45 heavy (non-hydrogen) atoms. The van der Waals surface area contributed by atoms with E-state index in [1.165, 1.54) is 35.9 Å². The molecule has 2 aliphatic carbocycles. The smallest absolute Gasteiger partial charge is 0.223 e. The van der Waals surface area contributed by atoms with Gasteiger partial charge in [0.1, 0.15) is 19.0 Å². The Morgan fingerprint density at radius 1 is 0.822 bits per heavy atom. The molecule has 0 aliphatic heterocycles. The molecule has 2 fully saturated rings. The SMILES string of the molecule is COC1CCC(c2cccc(OCc3ccccc3)c2)CC1.CSN.O=C(CNC(=O)C1CCCC1)COCc1ccccc1. The average molecular weight is 635 g/mol. The first kappa shape index (κ1) is 36.3. The third kappa shape index (κ3) is 14.2. The van der Waals surface area contributed by atoms with Crippen molar-refractivity contribution in [2.24, 2.45) is 11.1 Å². The van der Waals surface area contributed by atoms with Crippen LogP contribution in [0.4, 0.5) is 0 Å². The van der Waals surface area contributed by atoms with E-state index >= 15 is 0 Å². The first-order chi connectivity index (χ1) is 22.0. The van der Waals surface area contributed by atoms with Crippen LogP contribution < -0.4 is 15.2 Å². The van der Waals surface area contributed by atoms with Crippen molar-refractivity contribution >= 4 is 23.6 Å². The van der Waals surface area contributed by atoms with E-state index in [1.54, 1.807) is 0 Å². The second-order valence-electron chi connectivity index (χ2n) is 11.5. The van der Waals surface area contributed by atoms with Gasteiger partial charge in [-0.05, 0) is 79.5 Å². The number of hydrogen-bond donors (Lipinski definition) is 2. The summed E-state index contributed by atoms with van der Waals surface area (Å²) in [6.07, 6.45) is 11.1. The Labute approximate surface area is 273 Å². The standard InChI is InChI=1S/C20H24O2.C16H21NO3.CH5NS/c1-21-19-12-10-17(11-13-19)18-8-5-9-20(14-18)22-15-16-6-3-2-4-7-16;18-15(10-17-16(19)14-8-4-5-9-14)12-20-11-13-6-2-1-3-7-13;1-3-2/h2-9,14,17,19H,10-13,15H2,1H3;1-3,6-7,14H,4-5,8-12H2,(H,17,19);2H2,1H3. The van der Waals surface area contributed by atoms with E-state index in [1.807, 2.05) is 68.0 Å². The van der Waals surface area contributed by atoms with Crippen molar-refractivity contribution in [1.82, 2.24) is 5.32 Å². The second kappa shape index (κ2) is 21.5. The molecule has 3 aromatic carbocycles. The summed E-state index contributed by atoms with van der Waals surface area (Å²) < 4.78 is 16.7. The molecule has 3 N–H and O–H groups in total. The largest absolute Gasteiger partial charge is 0.489 e. The van der Waals surface area contributed by atoms with Crippen molar-refractivity contribution in [3.05, 3.63) is 102 Å². The molecule has 8 heteroatoms. The summed E-state index contributed by atoms with van der Waals surface area (Å²) in [5.41, 5.74) is 3.64. The van der Waals surface area contributed by atoms with Crippen LogP contribution in [0.15, 0.2) is 84.9 Å². The van der Waals surface area contributed by atoms with Gasteiger partial charge in [-0.1, -0.05) is 97.6 Å². The molecule has 0 unspecified atom stereocenters. The Morgan fingerprint density at radius 2 is 1.42 bits per heavy atom. The van der Waals surface area contributed by atoms with Gasteiger partial charge in [0.05, 0.1) is 19.3 Å². The molecule has 3 aromatic rings. The van der Waals surface area contributed by atoms with Crippen LogP contribution in [0.25, 0.3) is 0 Å². The fourth-order valence-electron chi connectivity index (χ4n) is 5.66. The van der Waals surface area contributed by atoms with Gasteiger partial charge in [0.15, 0.2) is 5.78 Å². The van der Waals surface area contributed by atoms with Crippen molar-refractivity contribution in [2.45, 2.75) is 76.6 Å². The second-order valence-corrected chi connectivity index (χ2v) is 12.0. The lowest BCUT2D eigenvalue weighted by atomic mass is 9.83. The number of benzene rings is 3. The van der Waals surface area contributed by atoms with Crippen molar-refractivity contribution in [1.29, 1.82) is 0 Å². The van der Waals surface area contributed by atoms with Gasteiger partial charge in [0, 0.05) is 13.0 Å².